The minimum atomic E-state index is -0.218. The highest BCUT2D eigenvalue weighted by Crippen LogP contribution is 2.25. The first-order valence-corrected chi connectivity index (χ1v) is 10.8. The van der Waals surface area contributed by atoms with Gasteiger partial charge in [-0.2, -0.15) is 0 Å². The van der Waals surface area contributed by atoms with Gasteiger partial charge in [0, 0.05) is 29.3 Å². The van der Waals surface area contributed by atoms with E-state index in [0.717, 1.165) is 16.9 Å². The number of carbonyl (C=O) groups excluding carboxylic acids is 1. The first-order chi connectivity index (χ1) is 17.1. The number of ether oxygens (including phenoxy) is 4. The zero-order chi connectivity index (χ0) is 24.6. The van der Waals surface area contributed by atoms with Crippen molar-refractivity contribution in [2.75, 3.05) is 21.3 Å². The molecule has 0 saturated carbocycles. The molecule has 0 spiro atoms. The fourth-order valence-electron chi connectivity index (χ4n) is 3.41. The van der Waals surface area contributed by atoms with Crippen molar-refractivity contribution in [3.8, 4) is 40.1 Å². The number of benzene rings is 3. The minimum Gasteiger partial charge on any atom is -0.497 e. The van der Waals surface area contributed by atoms with E-state index in [1.165, 1.54) is 0 Å². The quantitative estimate of drug-likeness (QED) is 0.372. The van der Waals surface area contributed by atoms with E-state index in [4.69, 9.17) is 18.9 Å². The monoisotopic (exact) mass is 471 g/mol. The second-order valence-corrected chi connectivity index (χ2v) is 7.48. The summed E-state index contributed by atoms with van der Waals surface area (Å²) in [6.07, 6.45) is 0. The Kier molecular flexibility index (Phi) is 7.42. The lowest BCUT2D eigenvalue weighted by Crippen LogP contribution is -2.23. The van der Waals surface area contributed by atoms with Crippen LogP contribution in [-0.4, -0.2) is 37.4 Å². The molecule has 0 radical (unpaired) electrons. The highest BCUT2D eigenvalue weighted by molar-refractivity contribution is 5.95. The van der Waals surface area contributed by atoms with Crippen LogP contribution in [0.2, 0.25) is 0 Å². The van der Waals surface area contributed by atoms with Gasteiger partial charge >= 0.3 is 0 Å². The van der Waals surface area contributed by atoms with Crippen LogP contribution >= 0.6 is 0 Å². The topological polar surface area (TPSA) is 91.8 Å². The molecule has 8 nitrogen and oxygen atoms in total. The fourth-order valence-corrected chi connectivity index (χ4v) is 3.41. The number of rotatable bonds is 9. The van der Waals surface area contributed by atoms with Crippen molar-refractivity contribution in [1.29, 1.82) is 0 Å². The zero-order valence-corrected chi connectivity index (χ0v) is 19.6. The van der Waals surface area contributed by atoms with Gasteiger partial charge in [0.05, 0.1) is 27.0 Å². The summed E-state index contributed by atoms with van der Waals surface area (Å²) >= 11 is 0. The van der Waals surface area contributed by atoms with Crippen LogP contribution in [0.15, 0.2) is 78.9 Å². The SMILES string of the molecule is COc1ccc(Oc2ccc(-c3cccc(C(=O)NCc4cc(OC)ccc4OC)c3)nn2)cc1. The summed E-state index contributed by atoms with van der Waals surface area (Å²) in [5.74, 6) is 2.87. The van der Waals surface area contributed by atoms with Crippen LogP contribution in [0.4, 0.5) is 0 Å². The molecule has 178 valence electrons. The van der Waals surface area contributed by atoms with E-state index in [0.29, 0.717) is 40.9 Å². The van der Waals surface area contributed by atoms with E-state index < -0.39 is 0 Å². The number of methoxy groups -OCH3 is 3. The first kappa shape index (κ1) is 23.6. The molecule has 3 aromatic carbocycles. The van der Waals surface area contributed by atoms with Gasteiger partial charge in [-0.3, -0.25) is 4.79 Å². The second-order valence-electron chi connectivity index (χ2n) is 7.48. The molecule has 0 fully saturated rings. The Morgan fingerprint density at radius 3 is 2.20 bits per heavy atom. The summed E-state index contributed by atoms with van der Waals surface area (Å²) in [5.41, 5.74) is 2.70. The molecule has 1 heterocycles. The summed E-state index contributed by atoms with van der Waals surface area (Å²) in [6.45, 7) is 0.292. The molecular weight excluding hydrogens is 446 g/mol. The Labute approximate surface area is 203 Å². The van der Waals surface area contributed by atoms with E-state index in [2.05, 4.69) is 15.5 Å². The van der Waals surface area contributed by atoms with E-state index in [9.17, 15) is 4.79 Å². The normalized spacial score (nSPS) is 10.4. The van der Waals surface area contributed by atoms with Crippen molar-refractivity contribution >= 4 is 5.91 Å². The average molecular weight is 472 g/mol. The van der Waals surface area contributed by atoms with Gasteiger partial charge < -0.3 is 24.3 Å². The van der Waals surface area contributed by atoms with Crippen molar-refractivity contribution in [3.63, 3.8) is 0 Å². The molecule has 0 bridgehead atoms. The van der Waals surface area contributed by atoms with Gasteiger partial charge in [0.1, 0.15) is 23.0 Å². The fraction of sp³-hybridized carbons (Fsp3) is 0.148. The van der Waals surface area contributed by atoms with Crippen molar-refractivity contribution < 1.29 is 23.7 Å². The molecule has 35 heavy (non-hydrogen) atoms. The van der Waals surface area contributed by atoms with E-state index in [1.54, 1.807) is 75.9 Å². The van der Waals surface area contributed by atoms with Crippen LogP contribution in [0.1, 0.15) is 15.9 Å². The Balaban J connectivity index is 1.43. The van der Waals surface area contributed by atoms with Crippen LogP contribution in [-0.2, 0) is 6.54 Å². The third-order valence-corrected chi connectivity index (χ3v) is 5.27. The third kappa shape index (κ3) is 5.86. The summed E-state index contributed by atoms with van der Waals surface area (Å²) in [5, 5.41) is 11.3. The maximum absolute atomic E-state index is 12.8. The molecule has 8 heteroatoms. The van der Waals surface area contributed by atoms with Gasteiger partial charge in [-0.25, -0.2) is 0 Å². The number of aromatic nitrogens is 2. The Hall–Kier alpha value is -4.59. The molecule has 0 aliphatic heterocycles. The largest absolute Gasteiger partial charge is 0.497 e. The zero-order valence-electron chi connectivity index (χ0n) is 19.6. The van der Waals surface area contributed by atoms with Crippen molar-refractivity contribution in [3.05, 3.63) is 90.0 Å². The van der Waals surface area contributed by atoms with Crippen molar-refractivity contribution in [2.45, 2.75) is 6.54 Å². The molecular formula is C27H25N3O5. The molecule has 4 rings (SSSR count). The Morgan fingerprint density at radius 1 is 0.771 bits per heavy atom. The standard InChI is InChI=1S/C27H25N3O5/c1-32-21-7-9-22(10-8-21)35-26-14-12-24(29-30-26)18-5-4-6-19(15-18)27(31)28-17-20-16-23(33-2)11-13-25(20)34-3/h4-16H,17H2,1-3H3,(H,28,31). The number of nitrogens with one attached hydrogen (secondary N) is 1. The van der Waals surface area contributed by atoms with Crippen LogP contribution < -0.4 is 24.3 Å². The lowest BCUT2D eigenvalue weighted by atomic mass is 10.1. The first-order valence-electron chi connectivity index (χ1n) is 10.8. The highest BCUT2D eigenvalue weighted by atomic mass is 16.5. The van der Waals surface area contributed by atoms with Crippen molar-refractivity contribution in [1.82, 2.24) is 15.5 Å². The summed E-state index contributed by atoms with van der Waals surface area (Å²) in [7, 11) is 4.79. The number of amides is 1. The summed E-state index contributed by atoms with van der Waals surface area (Å²) in [4.78, 5) is 12.8. The number of hydrogen-bond donors (Lipinski definition) is 1. The van der Waals surface area contributed by atoms with Crippen LogP contribution in [0.5, 0.6) is 28.9 Å². The van der Waals surface area contributed by atoms with E-state index in [1.807, 2.05) is 24.3 Å². The van der Waals surface area contributed by atoms with Crippen LogP contribution in [0.25, 0.3) is 11.3 Å². The molecule has 0 saturated heterocycles. The second kappa shape index (κ2) is 11.0. The van der Waals surface area contributed by atoms with Gasteiger partial charge in [-0.05, 0) is 60.7 Å². The van der Waals surface area contributed by atoms with Crippen LogP contribution in [0.3, 0.4) is 0 Å². The van der Waals surface area contributed by atoms with Gasteiger partial charge in [0.25, 0.3) is 5.91 Å². The molecule has 1 amide bonds. The maximum atomic E-state index is 12.8. The number of nitrogens with zero attached hydrogens (tertiary/aromatic N) is 2. The smallest absolute Gasteiger partial charge is 0.251 e. The average Bonchev–Trinajstić information content (AvgIpc) is 2.92. The van der Waals surface area contributed by atoms with Gasteiger partial charge in [-0.1, -0.05) is 12.1 Å². The predicted octanol–water partition coefficient (Wildman–Crippen LogP) is 4.89. The van der Waals surface area contributed by atoms with Gasteiger partial charge in [0.2, 0.25) is 5.88 Å². The molecule has 4 aromatic rings. The minimum absolute atomic E-state index is 0.218. The number of hydrogen-bond acceptors (Lipinski definition) is 7. The molecule has 1 aromatic heterocycles. The lowest BCUT2D eigenvalue weighted by molar-refractivity contribution is 0.0950. The summed E-state index contributed by atoms with van der Waals surface area (Å²) < 4.78 is 21.5. The van der Waals surface area contributed by atoms with Crippen molar-refractivity contribution in [2.24, 2.45) is 0 Å². The van der Waals surface area contributed by atoms with Gasteiger partial charge in [0.15, 0.2) is 0 Å². The third-order valence-electron chi connectivity index (χ3n) is 5.27. The molecule has 0 atom stereocenters. The Bertz CT molecular complexity index is 1290. The van der Waals surface area contributed by atoms with Crippen LogP contribution in [0, 0.1) is 0 Å². The molecule has 0 unspecified atom stereocenters. The predicted molar refractivity (Wildman–Crippen MR) is 131 cm³/mol. The summed E-state index contributed by atoms with van der Waals surface area (Å²) in [6, 6.07) is 23.4. The molecule has 0 aliphatic rings. The van der Waals surface area contributed by atoms with E-state index >= 15 is 0 Å². The highest BCUT2D eigenvalue weighted by Gasteiger charge is 2.11. The lowest BCUT2D eigenvalue weighted by Gasteiger charge is -2.12. The van der Waals surface area contributed by atoms with Gasteiger partial charge in [-0.15, -0.1) is 10.2 Å². The maximum Gasteiger partial charge on any atom is 0.251 e. The molecule has 1 N–H and O–H groups in total. The Morgan fingerprint density at radius 2 is 1.51 bits per heavy atom. The molecule has 0 aliphatic carbocycles. The number of carbonyl (C=O) groups is 1. The van der Waals surface area contributed by atoms with E-state index in [-0.39, 0.29) is 5.91 Å².